The van der Waals surface area contributed by atoms with Gasteiger partial charge < -0.3 is 9.96 Å². The normalized spacial score (nSPS) is 20.5. The van der Waals surface area contributed by atoms with Gasteiger partial charge in [-0.3, -0.25) is 4.21 Å². The molecule has 0 aromatic rings. The van der Waals surface area contributed by atoms with Crippen LogP contribution in [0.4, 0.5) is 0 Å². The van der Waals surface area contributed by atoms with E-state index in [1.165, 1.54) is 18.2 Å². The molecule has 0 radical (unpaired) electrons. The molecule has 0 fully saturated rings. The first-order valence-corrected chi connectivity index (χ1v) is 3.82. The zero-order valence-electron chi connectivity index (χ0n) is 5.16. The van der Waals surface area contributed by atoms with Gasteiger partial charge in [-0.25, -0.2) is 0 Å². The van der Waals surface area contributed by atoms with Crippen LogP contribution in [0.3, 0.4) is 0 Å². The van der Waals surface area contributed by atoms with Crippen LogP contribution in [0.5, 0.6) is 0 Å². The first-order chi connectivity index (χ1) is 4.70. The molecule has 10 heavy (non-hydrogen) atoms. The lowest BCUT2D eigenvalue weighted by atomic mass is 10.2. The summed E-state index contributed by atoms with van der Waals surface area (Å²) >= 11 is -2.14. The Bertz CT molecular complexity index is 242. The molecule has 0 aromatic heterocycles. The van der Waals surface area contributed by atoms with E-state index in [4.69, 9.17) is 5.41 Å². The molecule has 0 spiro atoms. The zero-order valence-corrected chi connectivity index (χ0v) is 5.98. The lowest BCUT2D eigenvalue weighted by Gasteiger charge is -2.08. The summed E-state index contributed by atoms with van der Waals surface area (Å²) < 4.78 is 20.5. The van der Waals surface area contributed by atoms with Crippen molar-refractivity contribution in [1.82, 2.24) is 0 Å². The molecule has 0 aromatic carbocycles. The quantitative estimate of drug-likeness (QED) is 0.569. The third kappa shape index (κ3) is 1.62. The lowest BCUT2D eigenvalue weighted by Crippen LogP contribution is -1.99. The number of allylic oxidation sites excluding steroid dienone is 3. The molecular weight excluding hydrogens is 150 g/mol. The van der Waals surface area contributed by atoms with Crippen LogP contribution < -0.4 is 0 Å². The number of hydrogen-bond acceptors (Lipinski definition) is 3. The van der Waals surface area contributed by atoms with Crippen molar-refractivity contribution >= 4 is 16.8 Å². The number of nitrogens with one attached hydrogen (secondary N) is 1. The van der Waals surface area contributed by atoms with E-state index in [-0.39, 0.29) is 4.91 Å². The van der Waals surface area contributed by atoms with Crippen LogP contribution >= 0.6 is 0 Å². The Balaban J connectivity index is 2.77. The van der Waals surface area contributed by atoms with E-state index in [2.05, 4.69) is 0 Å². The molecule has 1 unspecified atom stereocenters. The molecule has 54 valence electrons. The molecule has 0 saturated heterocycles. The molecule has 1 N–H and O–H groups in total. The first kappa shape index (κ1) is 7.37. The summed E-state index contributed by atoms with van der Waals surface area (Å²) in [5.41, 5.74) is 0.439. The second-order valence-electron chi connectivity index (χ2n) is 1.90. The standard InChI is InChI=1S/C6H7NO2S/c7-5-1-3-6(4-2-5)10(8)9/h1,3-4,7H,2H2,(H,8,9)/p-1. The number of hydrogen-bond donors (Lipinski definition) is 1. The molecule has 1 rings (SSSR count). The van der Waals surface area contributed by atoms with Crippen LogP contribution in [-0.4, -0.2) is 14.5 Å². The first-order valence-electron chi connectivity index (χ1n) is 2.75. The van der Waals surface area contributed by atoms with Gasteiger partial charge in [0.2, 0.25) is 0 Å². The van der Waals surface area contributed by atoms with Gasteiger partial charge in [-0.05, 0) is 23.2 Å². The van der Waals surface area contributed by atoms with Gasteiger partial charge in [-0.1, -0.05) is 6.08 Å². The molecule has 1 atom stereocenters. The summed E-state index contributed by atoms with van der Waals surface area (Å²) in [6.45, 7) is 0. The van der Waals surface area contributed by atoms with Gasteiger partial charge in [-0.2, -0.15) is 0 Å². The molecular formula is C6H6NO2S-. The zero-order chi connectivity index (χ0) is 7.56. The topological polar surface area (TPSA) is 64.0 Å². The average molecular weight is 156 g/mol. The van der Waals surface area contributed by atoms with Crippen LogP contribution in [0, 0.1) is 5.41 Å². The maximum atomic E-state index is 10.3. The Hall–Kier alpha value is -0.740. The second kappa shape index (κ2) is 2.90. The SMILES string of the molecule is N=C1C=CC(S(=O)[O-])=CC1. The summed E-state index contributed by atoms with van der Waals surface area (Å²) in [6, 6.07) is 0. The monoisotopic (exact) mass is 156 g/mol. The highest BCUT2D eigenvalue weighted by Crippen LogP contribution is 2.09. The Morgan fingerprint density at radius 1 is 1.60 bits per heavy atom. The maximum Gasteiger partial charge on any atom is 0.0352 e. The Kier molecular flexibility index (Phi) is 2.13. The molecule has 3 nitrogen and oxygen atoms in total. The Morgan fingerprint density at radius 3 is 2.70 bits per heavy atom. The smallest absolute Gasteiger partial charge is 0.0352 e. The highest BCUT2D eigenvalue weighted by atomic mass is 32.2. The van der Waals surface area contributed by atoms with Crippen LogP contribution in [0.15, 0.2) is 23.1 Å². The van der Waals surface area contributed by atoms with Crippen molar-refractivity contribution in [1.29, 1.82) is 5.41 Å². The molecule has 0 bridgehead atoms. The van der Waals surface area contributed by atoms with Gasteiger partial charge in [-0.15, -0.1) is 0 Å². The molecule has 0 saturated carbocycles. The van der Waals surface area contributed by atoms with Crippen molar-refractivity contribution in [3.63, 3.8) is 0 Å². The van der Waals surface area contributed by atoms with E-state index >= 15 is 0 Å². The van der Waals surface area contributed by atoms with E-state index in [1.54, 1.807) is 0 Å². The molecule has 4 heteroatoms. The minimum absolute atomic E-state index is 0.274. The van der Waals surface area contributed by atoms with Crippen molar-refractivity contribution in [2.24, 2.45) is 0 Å². The summed E-state index contributed by atoms with van der Waals surface area (Å²) in [6.07, 6.45) is 4.85. The fourth-order valence-corrected chi connectivity index (χ4v) is 1.05. The summed E-state index contributed by atoms with van der Waals surface area (Å²) in [5, 5.41) is 7.09. The molecule has 0 amide bonds. The van der Waals surface area contributed by atoms with E-state index < -0.39 is 11.1 Å². The fraction of sp³-hybridized carbons (Fsp3) is 0.167. The molecule has 1 aliphatic rings. The molecule has 0 aliphatic heterocycles. The Labute approximate surface area is 61.2 Å². The highest BCUT2D eigenvalue weighted by Gasteiger charge is 1.99. The van der Waals surface area contributed by atoms with Gasteiger partial charge in [0, 0.05) is 17.0 Å². The molecule has 1 aliphatic carbocycles. The van der Waals surface area contributed by atoms with Gasteiger partial charge in [0.15, 0.2) is 0 Å². The summed E-state index contributed by atoms with van der Waals surface area (Å²) in [7, 11) is 0. The minimum atomic E-state index is -2.14. The summed E-state index contributed by atoms with van der Waals surface area (Å²) in [4.78, 5) is 0.274. The highest BCUT2D eigenvalue weighted by molar-refractivity contribution is 7.83. The number of rotatable bonds is 1. The third-order valence-electron chi connectivity index (χ3n) is 1.16. The van der Waals surface area contributed by atoms with E-state index in [0.717, 1.165) is 0 Å². The van der Waals surface area contributed by atoms with Gasteiger partial charge in [0.05, 0.1) is 0 Å². The predicted octanol–water partition coefficient (Wildman–Crippen LogP) is 0.729. The van der Waals surface area contributed by atoms with Gasteiger partial charge >= 0.3 is 0 Å². The maximum absolute atomic E-state index is 10.3. The largest absolute Gasteiger partial charge is 0.768 e. The van der Waals surface area contributed by atoms with Crippen molar-refractivity contribution in [2.75, 3.05) is 0 Å². The van der Waals surface area contributed by atoms with Crippen LogP contribution in [0.2, 0.25) is 0 Å². The van der Waals surface area contributed by atoms with Crippen LogP contribution in [0.25, 0.3) is 0 Å². The van der Waals surface area contributed by atoms with Crippen molar-refractivity contribution in [3.8, 4) is 0 Å². The van der Waals surface area contributed by atoms with Crippen molar-refractivity contribution in [2.45, 2.75) is 6.42 Å². The van der Waals surface area contributed by atoms with Crippen molar-refractivity contribution in [3.05, 3.63) is 23.1 Å². The third-order valence-corrected chi connectivity index (χ3v) is 1.85. The lowest BCUT2D eigenvalue weighted by molar-refractivity contribution is 0.544. The van der Waals surface area contributed by atoms with E-state index in [1.807, 2.05) is 0 Å². The second-order valence-corrected chi connectivity index (χ2v) is 2.84. The Morgan fingerprint density at radius 2 is 2.30 bits per heavy atom. The minimum Gasteiger partial charge on any atom is -0.768 e. The van der Waals surface area contributed by atoms with Gasteiger partial charge in [0.1, 0.15) is 0 Å². The predicted molar refractivity (Wildman–Crippen MR) is 38.5 cm³/mol. The van der Waals surface area contributed by atoms with E-state index in [9.17, 15) is 8.76 Å². The fourth-order valence-electron chi connectivity index (χ4n) is 0.653. The van der Waals surface area contributed by atoms with Crippen LogP contribution in [0.1, 0.15) is 6.42 Å². The summed E-state index contributed by atoms with van der Waals surface area (Å²) in [5.74, 6) is 0. The van der Waals surface area contributed by atoms with Gasteiger partial charge in [0.25, 0.3) is 0 Å². The average Bonchev–Trinajstić information content (AvgIpc) is 1.88. The van der Waals surface area contributed by atoms with Crippen molar-refractivity contribution < 1.29 is 8.76 Å². The molecule has 0 heterocycles. The van der Waals surface area contributed by atoms with E-state index in [0.29, 0.717) is 12.1 Å². The van der Waals surface area contributed by atoms with Crippen LogP contribution in [-0.2, 0) is 11.1 Å².